The standard InChI is InChI=1S/C20H23ClN4O3/c21-17-10-15(12-24-20(17)28-16-5-9-27-13-16)19(26)23-11-14-4-3-6-22-18(14)25-7-1-2-8-25/h3-4,6,10,12,16H,1-2,5,7-9,11,13H2,(H,23,26). The Morgan fingerprint density at radius 2 is 2.21 bits per heavy atom. The molecular formula is C20H23ClN4O3. The summed E-state index contributed by atoms with van der Waals surface area (Å²) in [6.07, 6.45) is 6.39. The summed E-state index contributed by atoms with van der Waals surface area (Å²) < 4.78 is 11.0. The third kappa shape index (κ3) is 4.36. The van der Waals surface area contributed by atoms with Gasteiger partial charge in [0.2, 0.25) is 5.88 Å². The van der Waals surface area contributed by atoms with Crippen LogP contribution in [0.25, 0.3) is 0 Å². The lowest BCUT2D eigenvalue weighted by Crippen LogP contribution is -2.26. The van der Waals surface area contributed by atoms with Gasteiger partial charge in [0.1, 0.15) is 16.9 Å². The minimum Gasteiger partial charge on any atom is -0.471 e. The Balaban J connectivity index is 1.39. The summed E-state index contributed by atoms with van der Waals surface area (Å²) in [6.45, 7) is 3.62. The van der Waals surface area contributed by atoms with Crippen LogP contribution < -0.4 is 15.0 Å². The van der Waals surface area contributed by atoms with E-state index in [9.17, 15) is 4.79 Å². The summed E-state index contributed by atoms with van der Waals surface area (Å²) in [5.74, 6) is 1.04. The average molecular weight is 403 g/mol. The van der Waals surface area contributed by atoms with E-state index in [-0.39, 0.29) is 12.0 Å². The number of ether oxygens (including phenoxy) is 2. The maximum absolute atomic E-state index is 12.6. The zero-order valence-corrected chi connectivity index (χ0v) is 16.3. The minimum atomic E-state index is -0.235. The number of carbonyl (C=O) groups is 1. The van der Waals surface area contributed by atoms with E-state index < -0.39 is 0 Å². The predicted octanol–water partition coefficient (Wildman–Crippen LogP) is 2.83. The molecule has 1 N–H and O–H groups in total. The van der Waals surface area contributed by atoms with Crippen molar-refractivity contribution in [3.8, 4) is 5.88 Å². The van der Waals surface area contributed by atoms with E-state index >= 15 is 0 Å². The van der Waals surface area contributed by atoms with E-state index in [0.29, 0.717) is 36.2 Å². The van der Waals surface area contributed by atoms with Gasteiger partial charge in [-0.05, 0) is 25.0 Å². The topological polar surface area (TPSA) is 76.6 Å². The SMILES string of the molecule is O=C(NCc1cccnc1N1CCCC1)c1cnc(OC2CCOC2)c(Cl)c1. The monoisotopic (exact) mass is 402 g/mol. The van der Waals surface area contributed by atoms with Crippen molar-refractivity contribution in [3.63, 3.8) is 0 Å². The first-order valence-electron chi connectivity index (χ1n) is 9.57. The van der Waals surface area contributed by atoms with E-state index in [1.54, 1.807) is 12.3 Å². The van der Waals surface area contributed by atoms with Gasteiger partial charge in [0, 0.05) is 44.0 Å². The van der Waals surface area contributed by atoms with Crippen molar-refractivity contribution in [2.24, 2.45) is 0 Å². The molecule has 1 amide bonds. The van der Waals surface area contributed by atoms with Crippen molar-refractivity contribution in [2.45, 2.75) is 31.9 Å². The largest absolute Gasteiger partial charge is 0.471 e. The molecule has 2 saturated heterocycles. The first-order chi connectivity index (χ1) is 13.7. The lowest BCUT2D eigenvalue weighted by Gasteiger charge is -2.20. The molecule has 8 heteroatoms. The quantitative estimate of drug-likeness (QED) is 0.800. The normalized spacial score (nSPS) is 19.0. The van der Waals surface area contributed by atoms with Crippen LogP contribution in [0.4, 0.5) is 5.82 Å². The van der Waals surface area contributed by atoms with Gasteiger partial charge in [-0.3, -0.25) is 4.79 Å². The molecule has 7 nitrogen and oxygen atoms in total. The zero-order valence-electron chi connectivity index (χ0n) is 15.6. The molecule has 0 bridgehead atoms. The molecule has 28 heavy (non-hydrogen) atoms. The molecule has 0 radical (unpaired) electrons. The van der Waals surface area contributed by atoms with Crippen LogP contribution in [0, 0.1) is 0 Å². The molecular weight excluding hydrogens is 380 g/mol. The van der Waals surface area contributed by atoms with Crippen LogP contribution in [0.2, 0.25) is 5.02 Å². The van der Waals surface area contributed by atoms with Crippen LogP contribution in [-0.4, -0.2) is 48.3 Å². The maximum Gasteiger partial charge on any atom is 0.253 e. The summed E-state index contributed by atoms with van der Waals surface area (Å²) in [4.78, 5) is 23.5. The molecule has 4 heterocycles. The van der Waals surface area contributed by atoms with Gasteiger partial charge in [0.25, 0.3) is 5.91 Å². The van der Waals surface area contributed by atoms with Gasteiger partial charge in [-0.1, -0.05) is 17.7 Å². The summed E-state index contributed by atoms with van der Waals surface area (Å²) in [7, 11) is 0. The zero-order chi connectivity index (χ0) is 19.3. The smallest absolute Gasteiger partial charge is 0.253 e. The van der Waals surface area contributed by atoms with Crippen molar-refractivity contribution < 1.29 is 14.3 Å². The van der Waals surface area contributed by atoms with Gasteiger partial charge in [-0.15, -0.1) is 0 Å². The fourth-order valence-electron chi connectivity index (χ4n) is 3.46. The second-order valence-corrected chi connectivity index (χ2v) is 7.38. The highest BCUT2D eigenvalue weighted by Crippen LogP contribution is 2.25. The summed E-state index contributed by atoms with van der Waals surface area (Å²) in [6, 6.07) is 5.46. The first kappa shape index (κ1) is 19.0. The number of carbonyl (C=O) groups excluding carboxylic acids is 1. The highest BCUT2D eigenvalue weighted by Gasteiger charge is 2.20. The van der Waals surface area contributed by atoms with E-state index in [2.05, 4.69) is 20.2 Å². The average Bonchev–Trinajstić information content (AvgIpc) is 3.42. The van der Waals surface area contributed by atoms with Gasteiger partial charge < -0.3 is 19.7 Å². The Hall–Kier alpha value is -2.38. The van der Waals surface area contributed by atoms with E-state index in [0.717, 1.165) is 30.9 Å². The maximum atomic E-state index is 12.6. The number of rotatable bonds is 6. The molecule has 0 aliphatic carbocycles. The van der Waals surface area contributed by atoms with Gasteiger partial charge >= 0.3 is 0 Å². The van der Waals surface area contributed by atoms with Crippen LogP contribution in [0.3, 0.4) is 0 Å². The van der Waals surface area contributed by atoms with E-state index in [4.69, 9.17) is 21.1 Å². The Morgan fingerprint density at radius 1 is 1.36 bits per heavy atom. The number of pyridine rings is 2. The Bertz CT molecular complexity index is 836. The van der Waals surface area contributed by atoms with Crippen molar-refractivity contribution in [2.75, 3.05) is 31.2 Å². The summed E-state index contributed by atoms with van der Waals surface area (Å²) >= 11 is 6.26. The fourth-order valence-corrected chi connectivity index (χ4v) is 3.67. The van der Waals surface area contributed by atoms with Crippen LogP contribution in [-0.2, 0) is 11.3 Å². The van der Waals surface area contributed by atoms with Crippen molar-refractivity contribution >= 4 is 23.3 Å². The fraction of sp³-hybridized carbons (Fsp3) is 0.450. The molecule has 2 aromatic heterocycles. The van der Waals surface area contributed by atoms with Crippen LogP contribution in [0.1, 0.15) is 35.2 Å². The third-order valence-electron chi connectivity index (χ3n) is 4.95. The highest BCUT2D eigenvalue weighted by molar-refractivity contribution is 6.32. The van der Waals surface area contributed by atoms with Crippen molar-refractivity contribution in [1.29, 1.82) is 0 Å². The first-order valence-corrected chi connectivity index (χ1v) is 9.95. The van der Waals surface area contributed by atoms with Crippen molar-refractivity contribution in [1.82, 2.24) is 15.3 Å². The number of aromatic nitrogens is 2. The second kappa shape index (κ2) is 8.75. The molecule has 0 spiro atoms. The number of hydrogen-bond donors (Lipinski definition) is 1. The molecule has 2 fully saturated rings. The molecule has 1 atom stereocenters. The highest BCUT2D eigenvalue weighted by atomic mass is 35.5. The molecule has 0 aromatic carbocycles. The summed E-state index contributed by atoms with van der Waals surface area (Å²) in [5, 5.41) is 3.25. The Labute approximate surface area is 169 Å². The number of nitrogens with one attached hydrogen (secondary N) is 1. The molecule has 148 valence electrons. The number of amides is 1. The molecule has 2 aromatic rings. The Morgan fingerprint density at radius 3 is 2.96 bits per heavy atom. The third-order valence-corrected chi connectivity index (χ3v) is 5.22. The molecule has 2 aliphatic rings. The lowest BCUT2D eigenvalue weighted by atomic mass is 10.2. The minimum absolute atomic E-state index is 0.0423. The van der Waals surface area contributed by atoms with Gasteiger partial charge in [0.15, 0.2) is 0 Å². The number of anilines is 1. The van der Waals surface area contributed by atoms with Gasteiger partial charge in [-0.2, -0.15) is 0 Å². The lowest BCUT2D eigenvalue weighted by molar-refractivity contribution is 0.0950. The van der Waals surface area contributed by atoms with Crippen LogP contribution in [0.15, 0.2) is 30.6 Å². The number of hydrogen-bond acceptors (Lipinski definition) is 6. The molecule has 2 aliphatic heterocycles. The number of halogens is 1. The van der Waals surface area contributed by atoms with E-state index in [1.807, 2.05) is 12.1 Å². The molecule has 1 unspecified atom stereocenters. The molecule has 4 rings (SSSR count). The van der Waals surface area contributed by atoms with Crippen LogP contribution in [0.5, 0.6) is 5.88 Å². The second-order valence-electron chi connectivity index (χ2n) is 6.98. The molecule has 0 saturated carbocycles. The predicted molar refractivity (Wildman–Crippen MR) is 106 cm³/mol. The summed E-state index contributed by atoms with van der Waals surface area (Å²) in [5.41, 5.74) is 1.39. The number of nitrogens with zero attached hydrogens (tertiary/aromatic N) is 3. The Kier molecular flexibility index (Phi) is 5.92. The van der Waals surface area contributed by atoms with Crippen molar-refractivity contribution in [3.05, 3.63) is 46.7 Å². The van der Waals surface area contributed by atoms with Gasteiger partial charge in [0.05, 0.1) is 18.8 Å². The van der Waals surface area contributed by atoms with E-state index in [1.165, 1.54) is 19.0 Å². The van der Waals surface area contributed by atoms with Gasteiger partial charge in [-0.25, -0.2) is 9.97 Å². The van der Waals surface area contributed by atoms with Crippen LogP contribution >= 0.6 is 11.6 Å².